The van der Waals surface area contributed by atoms with Gasteiger partial charge < -0.3 is 0 Å². The summed E-state index contributed by atoms with van der Waals surface area (Å²) in [6.45, 7) is 4.76. The summed E-state index contributed by atoms with van der Waals surface area (Å²) in [6, 6.07) is 83.8. The summed E-state index contributed by atoms with van der Waals surface area (Å²) in [4.78, 5) is 10.7. The first kappa shape index (κ1) is 37.8. The van der Waals surface area contributed by atoms with Gasteiger partial charge in [-0.25, -0.2) is 9.97 Å². The molecule has 2 aliphatic rings. The molecule has 0 N–H and O–H groups in total. The van der Waals surface area contributed by atoms with Crippen LogP contribution < -0.4 is 0 Å². The van der Waals surface area contributed by atoms with Crippen LogP contribution in [0.3, 0.4) is 0 Å². The van der Waals surface area contributed by atoms with Crippen LogP contribution in [-0.2, 0) is 10.8 Å². The van der Waals surface area contributed by atoms with Crippen molar-refractivity contribution >= 4 is 0 Å². The maximum atomic E-state index is 5.36. The van der Waals surface area contributed by atoms with Crippen molar-refractivity contribution in [2.24, 2.45) is 0 Å². The Morgan fingerprint density at radius 1 is 0.266 bits per heavy atom. The number of fused-ring (bicyclic) bond motifs is 9. The van der Waals surface area contributed by atoms with Crippen LogP contribution in [0.25, 0.3) is 78.4 Å². The van der Waals surface area contributed by atoms with Crippen molar-refractivity contribution in [2.75, 3.05) is 0 Å². The lowest BCUT2D eigenvalue weighted by Crippen LogP contribution is -2.40. The van der Waals surface area contributed by atoms with E-state index in [9.17, 15) is 0 Å². The SMILES string of the molecule is CC1(C)c2ccccc2C2(c3ccccc3-c3ccc(-c4cccc(-c5nc(-c6cccc(-c7ccccc7)c6)cc(-c6cccc(-c7ccccc7)c6)n5)c4)cc32)c2ccccc21. The molecule has 64 heavy (non-hydrogen) atoms. The molecular weight excluding hydrogens is 773 g/mol. The zero-order valence-corrected chi connectivity index (χ0v) is 35.8. The number of nitrogens with zero attached hydrogens (tertiary/aromatic N) is 2. The van der Waals surface area contributed by atoms with Crippen molar-refractivity contribution < 1.29 is 0 Å². The topological polar surface area (TPSA) is 25.8 Å². The Morgan fingerprint density at radius 3 is 1.22 bits per heavy atom. The molecule has 0 saturated heterocycles. The summed E-state index contributed by atoms with van der Waals surface area (Å²) >= 11 is 0. The molecule has 1 aromatic heterocycles. The van der Waals surface area contributed by atoms with Gasteiger partial charge in [-0.05, 0) is 108 Å². The van der Waals surface area contributed by atoms with Crippen LogP contribution in [0.5, 0.6) is 0 Å². The van der Waals surface area contributed by atoms with E-state index in [1.165, 1.54) is 55.6 Å². The van der Waals surface area contributed by atoms with Crippen LogP contribution in [0, 0.1) is 0 Å². The van der Waals surface area contributed by atoms with E-state index in [0.717, 1.165) is 50.3 Å². The lowest BCUT2D eigenvalue weighted by atomic mass is 9.55. The van der Waals surface area contributed by atoms with Crippen LogP contribution in [-0.4, -0.2) is 9.97 Å². The fourth-order valence-corrected chi connectivity index (χ4v) is 10.7. The molecule has 0 atom stereocenters. The van der Waals surface area contributed by atoms with Crippen LogP contribution in [0.2, 0.25) is 0 Å². The highest BCUT2D eigenvalue weighted by atomic mass is 14.9. The molecule has 9 aromatic carbocycles. The van der Waals surface area contributed by atoms with E-state index in [1.807, 2.05) is 0 Å². The molecule has 12 rings (SSSR count). The molecule has 1 spiro atoms. The third kappa shape index (κ3) is 5.94. The smallest absolute Gasteiger partial charge is 0.160 e. The van der Waals surface area contributed by atoms with Crippen LogP contribution in [0.4, 0.5) is 0 Å². The quantitative estimate of drug-likeness (QED) is 0.167. The molecule has 2 nitrogen and oxygen atoms in total. The summed E-state index contributed by atoms with van der Waals surface area (Å²) < 4.78 is 0. The molecule has 0 unspecified atom stereocenters. The summed E-state index contributed by atoms with van der Waals surface area (Å²) in [5, 5.41) is 0. The van der Waals surface area contributed by atoms with Crippen LogP contribution in [0.15, 0.2) is 231 Å². The molecule has 0 fully saturated rings. The summed E-state index contributed by atoms with van der Waals surface area (Å²) in [7, 11) is 0. The van der Waals surface area contributed by atoms with E-state index in [0.29, 0.717) is 5.82 Å². The molecule has 0 saturated carbocycles. The molecule has 10 aromatic rings. The number of hydrogen-bond donors (Lipinski definition) is 0. The van der Waals surface area contributed by atoms with E-state index >= 15 is 0 Å². The van der Waals surface area contributed by atoms with Gasteiger partial charge in [0, 0.05) is 22.1 Å². The number of aromatic nitrogens is 2. The van der Waals surface area contributed by atoms with Gasteiger partial charge in [-0.15, -0.1) is 0 Å². The van der Waals surface area contributed by atoms with E-state index in [2.05, 4.69) is 244 Å². The largest absolute Gasteiger partial charge is 0.228 e. The Hall–Kier alpha value is -7.94. The Labute approximate surface area is 375 Å². The third-order valence-electron chi connectivity index (χ3n) is 13.8. The highest BCUT2D eigenvalue weighted by Crippen LogP contribution is 2.62. The lowest BCUT2D eigenvalue weighted by Gasteiger charge is -2.46. The van der Waals surface area contributed by atoms with Gasteiger partial charge in [-0.1, -0.05) is 214 Å². The first-order valence-corrected chi connectivity index (χ1v) is 22.2. The minimum absolute atomic E-state index is 0.152. The Kier molecular flexibility index (Phi) is 8.77. The molecule has 0 bridgehead atoms. The van der Waals surface area contributed by atoms with Crippen molar-refractivity contribution in [3.05, 3.63) is 264 Å². The van der Waals surface area contributed by atoms with Gasteiger partial charge >= 0.3 is 0 Å². The second kappa shape index (κ2) is 14.9. The van der Waals surface area contributed by atoms with E-state index < -0.39 is 5.41 Å². The molecule has 2 heteroatoms. The van der Waals surface area contributed by atoms with Gasteiger partial charge in [0.05, 0.1) is 16.8 Å². The highest BCUT2D eigenvalue weighted by molar-refractivity contribution is 5.90. The lowest BCUT2D eigenvalue weighted by molar-refractivity contribution is 0.563. The number of benzene rings is 9. The van der Waals surface area contributed by atoms with Gasteiger partial charge in [0.25, 0.3) is 0 Å². The predicted octanol–water partition coefficient (Wildman–Crippen LogP) is 15.5. The first-order chi connectivity index (χ1) is 31.5. The monoisotopic (exact) mass is 816 g/mol. The Bertz CT molecular complexity index is 3270. The van der Waals surface area contributed by atoms with Crippen LogP contribution >= 0.6 is 0 Å². The standard InChI is InChI=1S/C62H44N2/c1-61(2)53-30-11-13-32-55(53)62(56-33-14-12-31-54(56)61)52-29-10-9-28-50(52)51-35-34-46(39-57(51)62)45-24-17-27-49(38-45)60-63-58(47-25-15-22-43(36-47)41-18-5-3-6-19-41)40-59(64-60)48-26-16-23-44(37-48)42-20-7-4-8-21-42/h3-40H,1-2H3. The minimum Gasteiger partial charge on any atom is -0.228 e. The number of hydrogen-bond acceptors (Lipinski definition) is 2. The molecule has 2 aliphatic carbocycles. The second-order valence-corrected chi connectivity index (χ2v) is 17.7. The van der Waals surface area contributed by atoms with Gasteiger partial charge in [0.2, 0.25) is 0 Å². The van der Waals surface area contributed by atoms with E-state index in [-0.39, 0.29) is 5.41 Å². The molecular formula is C62H44N2. The van der Waals surface area contributed by atoms with Gasteiger partial charge in [0.15, 0.2) is 5.82 Å². The van der Waals surface area contributed by atoms with Crippen molar-refractivity contribution in [2.45, 2.75) is 24.7 Å². The second-order valence-electron chi connectivity index (χ2n) is 17.7. The molecule has 302 valence electrons. The van der Waals surface area contributed by atoms with Crippen molar-refractivity contribution in [3.63, 3.8) is 0 Å². The number of rotatable bonds is 6. The fraction of sp³-hybridized carbons (Fsp3) is 0.0645. The van der Waals surface area contributed by atoms with Gasteiger partial charge in [-0.3, -0.25) is 0 Å². The maximum absolute atomic E-state index is 5.36. The Balaban J connectivity index is 1.02. The highest BCUT2D eigenvalue weighted by Gasteiger charge is 2.53. The third-order valence-corrected chi connectivity index (χ3v) is 13.8. The summed E-state index contributed by atoms with van der Waals surface area (Å²) in [6.07, 6.45) is 0. The molecule has 0 aliphatic heterocycles. The summed E-state index contributed by atoms with van der Waals surface area (Å²) in [5.41, 5.74) is 21.8. The molecule has 1 heterocycles. The maximum Gasteiger partial charge on any atom is 0.160 e. The van der Waals surface area contributed by atoms with Crippen LogP contribution in [0.1, 0.15) is 47.2 Å². The summed E-state index contributed by atoms with van der Waals surface area (Å²) in [5.74, 6) is 0.687. The Morgan fingerprint density at radius 2 is 0.656 bits per heavy atom. The molecule has 0 radical (unpaired) electrons. The zero-order valence-electron chi connectivity index (χ0n) is 35.8. The van der Waals surface area contributed by atoms with Crippen molar-refractivity contribution in [3.8, 4) is 78.4 Å². The van der Waals surface area contributed by atoms with Gasteiger partial charge in [0.1, 0.15) is 0 Å². The minimum atomic E-state index is -0.461. The van der Waals surface area contributed by atoms with Crippen molar-refractivity contribution in [1.82, 2.24) is 9.97 Å². The normalized spacial score (nSPS) is 13.7. The first-order valence-electron chi connectivity index (χ1n) is 22.2. The average Bonchev–Trinajstić information content (AvgIpc) is 3.66. The molecule has 0 amide bonds. The fourth-order valence-electron chi connectivity index (χ4n) is 10.7. The average molecular weight is 817 g/mol. The van der Waals surface area contributed by atoms with E-state index in [1.54, 1.807) is 0 Å². The van der Waals surface area contributed by atoms with E-state index in [4.69, 9.17) is 9.97 Å². The van der Waals surface area contributed by atoms with Crippen molar-refractivity contribution in [1.29, 1.82) is 0 Å². The van der Waals surface area contributed by atoms with Gasteiger partial charge in [-0.2, -0.15) is 0 Å². The predicted molar refractivity (Wildman–Crippen MR) is 264 cm³/mol. The zero-order chi connectivity index (χ0) is 42.8.